The van der Waals surface area contributed by atoms with Gasteiger partial charge in [-0.15, -0.1) is 0 Å². The Balaban J connectivity index is 2.25. The van der Waals surface area contributed by atoms with Crippen LogP contribution in [0.3, 0.4) is 0 Å². The fourth-order valence-electron chi connectivity index (χ4n) is 2.35. The first kappa shape index (κ1) is 14.3. The number of aryl methyl sites for hydroxylation is 2. The van der Waals surface area contributed by atoms with Gasteiger partial charge < -0.3 is 5.73 Å². The zero-order chi connectivity index (χ0) is 14.5. The van der Waals surface area contributed by atoms with Crippen LogP contribution in [0.25, 0.3) is 0 Å². The topological polar surface area (TPSA) is 43.1 Å². The Morgan fingerprint density at radius 1 is 1.10 bits per heavy atom. The molecule has 104 valence electrons. The van der Waals surface area contributed by atoms with Crippen LogP contribution in [-0.2, 0) is 6.42 Å². The van der Waals surface area contributed by atoms with E-state index in [1.807, 2.05) is 43.3 Å². The SMILES string of the molecule is CCCCc1ccc(C(=O)c2c(C)cccc2N)cc1. The Labute approximate surface area is 120 Å². The van der Waals surface area contributed by atoms with Crippen LogP contribution in [0.2, 0.25) is 0 Å². The van der Waals surface area contributed by atoms with Crippen LogP contribution in [0, 0.1) is 6.92 Å². The maximum Gasteiger partial charge on any atom is 0.195 e. The molecular formula is C18H21NO. The monoisotopic (exact) mass is 267 g/mol. The smallest absolute Gasteiger partial charge is 0.195 e. The van der Waals surface area contributed by atoms with E-state index in [0.29, 0.717) is 16.8 Å². The number of carbonyl (C=O) groups is 1. The predicted molar refractivity (Wildman–Crippen MR) is 84.1 cm³/mol. The van der Waals surface area contributed by atoms with Gasteiger partial charge in [0.25, 0.3) is 0 Å². The average Bonchev–Trinajstić information content (AvgIpc) is 2.45. The summed E-state index contributed by atoms with van der Waals surface area (Å²) < 4.78 is 0. The third-order valence-corrected chi connectivity index (χ3v) is 3.57. The van der Waals surface area contributed by atoms with Gasteiger partial charge in [-0.1, -0.05) is 49.7 Å². The van der Waals surface area contributed by atoms with Gasteiger partial charge in [-0.25, -0.2) is 0 Å². The molecule has 0 heterocycles. The predicted octanol–water partition coefficient (Wildman–Crippen LogP) is 4.15. The number of hydrogen-bond donors (Lipinski definition) is 1. The van der Waals surface area contributed by atoms with Crippen molar-refractivity contribution >= 4 is 11.5 Å². The minimum absolute atomic E-state index is 0.00245. The zero-order valence-corrected chi connectivity index (χ0v) is 12.1. The molecule has 0 amide bonds. The summed E-state index contributed by atoms with van der Waals surface area (Å²) in [6, 6.07) is 13.4. The maximum absolute atomic E-state index is 12.5. The van der Waals surface area contributed by atoms with Crippen LogP contribution < -0.4 is 5.73 Å². The maximum atomic E-state index is 12.5. The van der Waals surface area contributed by atoms with E-state index in [-0.39, 0.29) is 5.78 Å². The lowest BCUT2D eigenvalue weighted by Crippen LogP contribution is -2.07. The number of benzene rings is 2. The highest BCUT2D eigenvalue weighted by molar-refractivity contribution is 6.13. The molecular weight excluding hydrogens is 246 g/mol. The molecule has 0 saturated heterocycles. The summed E-state index contributed by atoms with van der Waals surface area (Å²) in [4.78, 5) is 12.5. The number of anilines is 1. The summed E-state index contributed by atoms with van der Waals surface area (Å²) >= 11 is 0. The average molecular weight is 267 g/mol. The van der Waals surface area contributed by atoms with Gasteiger partial charge in [-0.2, -0.15) is 0 Å². The molecule has 0 aliphatic heterocycles. The van der Waals surface area contributed by atoms with Crippen LogP contribution in [0.4, 0.5) is 5.69 Å². The van der Waals surface area contributed by atoms with Gasteiger partial charge in [0, 0.05) is 16.8 Å². The van der Waals surface area contributed by atoms with E-state index in [0.717, 1.165) is 12.0 Å². The minimum Gasteiger partial charge on any atom is -0.398 e. The first-order valence-corrected chi connectivity index (χ1v) is 7.12. The zero-order valence-electron chi connectivity index (χ0n) is 12.1. The summed E-state index contributed by atoms with van der Waals surface area (Å²) in [5.74, 6) is 0.00245. The minimum atomic E-state index is 0.00245. The molecule has 2 N–H and O–H groups in total. The third-order valence-electron chi connectivity index (χ3n) is 3.57. The van der Waals surface area contributed by atoms with E-state index in [2.05, 4.69) is 6.92 Å². The normalized spacial score (nSPS) is 10.5. The number of hydrogen-bond acceptors (Lipinski definition) is 2. The molecule has 2 nitrogen and oxygen atoms in total. The summed E-state index contributed by atoms with van der Waals surface area (Å²) in [7, 11) is 0. The van der Waals surface area contributed by atoms with Crippen molar-refractivity contribution in [3.8, 4) is 0 Å². The van der Waals surface area contributed by atoms with Gasteiger partial charge in [0.15, 0.2) is 5.78 Å². The Morgan fingerprint density at radius 2 is 1.80 bits per heavy atom. The lowest BCUT2D eigenvalue weighted by molar-refractivity contribution is 0.103. The molecule has 20 heavy (non-hydrogen) atoms. The van der Waals surface area contributed by atoms with Gasteiger partial charge >= 0.3 is 0 Å². The molecule has 0 bridgehead atoms. The van der Waals surface area contributed by atoms with Crippen molar-refractivity contribution in [2.75, 3.05) is 5.73 Å². The lowest BCUT2D eigenvalue weighted by Gasteiger charge is -2.09. The van der Waals surface area contributed by atoms with Crippen molar-refractivity contribution < 1.29 is 4.79 Å². The second-order valence-electron chi connectivity index (χ2n) is 5.17. The first-order chi connectivity index (χ1) is 9.63. The highest BCUT2D eigenvalue weighted by Crippen LogP contribution is 2.21. The summed E-state index contributed by atoms with van der Waals surface area (Å²) in [6.45, 7) is 4.10. The van der Waals surface area contributed by atoms with E-state index >= 15 is 0 Å². The van der Waals surface area contributed by atoms with Crippen LogP contribution in [0.5, 0.6) is 0 Å². The Hall–Kier alpha value is -2.09. The molecule has 2 aromatic rings. The fraction of sp³-hybridized carbons (Fsp3) is 0.278. The molecule has 2 rings (SSSR count). The molecule has 0 saturated carbocycles. The molecule has 0 fully saturated rings. The summed E-state index contributed by atoms with van der Waals surface area (Å²) in [5, 5.41) is 0. The van der Waals surface area contributed by atoms with Crippen molar-refractivity contribution in [3.05, 3.63) is 64.7 Å². The molecule has 0 unspecified atom stereocenters. The van der Waals surface area contributed by atoms with Crippen LogP contribution in [-0.4, -0.2) is 5.78 Å². The van der Waals surface area contributed by atoms with Crippen molar-refractivity contribution in [1.29, 1.82) is 0 Å². The van der Waals surface area contributed by atoms with Crippen molar-refractivity contribution in [2.45, 2.75) is 33.1 Å². The van der Waals surface area contributed by atoms with E-state index in [9.17, 15) is 4.79 Å². The van der Waals surface area contributed by atoms with Crippen molar-refractivity contribution in [1.82, 2.24) is 0 Å². The highest BCUT2D eigenvalue weighted by atomic mass is 16.1. The van der Waals surface area contributed by atoms with Gasteiger partial charge in [0.05, 0.1) is 0 Å². The van der Waals surface area contributed by atoms with Crippen LogP contribution in [0.15, 0.2) is 42.5 Å². The quantitative estimate of drug-likeness (QED) is 0.653. The molecule has 0 aliphatic carbocycles. The van der Waals surface area contributed by atoms with E-state index in [4.69, 9.17) is 5.73 Å². The molecule has 0 spiro atoms. The summed E-state index contributed by atoms with van der Waals surface area (Å²) in [6.07, 6.45) is 3.43. The number of carbonyl (C=O) groups excluding carboxylic acids is 1. The van der Waals surface area contributed by atoms with Crippen molar-refractivity contribution in [3.63, 3.8) is 0 Å². The number of rotatable bonds is 5. The highest BCUT2D eigenvalue weighted by Gasteiger charge is 2.14. The second kappa shape index (κ2) is 6.38. The fourth-order valence-corrected chi connectivity index (χ4v) is 2.35. The number of nitrogen functional groups attached to an aromatic ring is 1. The largest absolute Gasteiger partial charge is 0.398 e. The van der Waals surface area contributed by atoms with Gasteiger partial charge in [0.2, 0.25) is 0 Å². The van der Waals surface area contributed by atoms with Gasteiger partial charge in [0.1, 0.15) is 0 Å². The van der Waals surface area contributed by atoms with Gasteiger partial charge in [-0.05, 0) is 37.0 Å². The van der Waals surface area contributed by atoms with Crippen molar-refractivity contribution in [2.24, 2.45) is 0 Å². The molecule has 0 aromatic heterocycles. The molecule has 0 aliphatic rings. The first-order valence-electron chi connectivity index (χ1n) is 7.12. The summed E-state index contributed by atoms with van der Waals surface area (Å²) in [5.41, 5.74) is 10.0. The number of ketones is 1. The lowest BCUT2D eigenvalue weighted by atomic mass is 9.96. The molecule has 0 atom stereocenters. The third kappa shape index (κ3) is 3.08. The van der Waals surface area contributed by atoms with Crippen LogP contribution >= 0.6 is 0 Å². The number of nitrogens with two attached hydrogens (primary N) is 1. The van der Waals surface area contributed by atoms with E-state index < -0.39 is 0 Å². The molecule has 2 heteroatoms. The standard InChI is InChI=1S/C18H21NO/c1-3-4-7-14-9-11-15(12-10-14)18(20)17-13(2)6-5-8-16(17)19/h5-6,8-12H,3-4,7,19H2,1-2H3. The second-order valence-corrected chi connectivity index (χ2v) is 5.17. The molecule has 0 radical (unpaired) electrons. The Kier molecular flexibility index (Phi) is 4.57. The Morgan fingerprint density at radius 3 is 2.40 bits per heavy atom. The Bertz CT molecular complexity index is 579. The van der Waals surface area contributed by atoms with E-state index in [1.165, 1.54) is 18.4 Å². The van der Waals surface area contributed by atoms with E-state index in [1.54, 1.807) is 6.07 Å². The number of unbranched alkanes of at least 4 members (excludes halogenated alkanes) is 1. The molecule has 2 aromatic carbocycles. The van der Waals surface area contributed by atoms with Gasteiger partial charge in [-0.3, -0.25) is 4.79 Å². The van der Waals surface area contributed by atoms with Crippen LogP contribution in [0.1, 0.15) is 46.8 Å².